The fourth-order valence-electron chi connectivity index (χ4n) is 2.04. The molecular weight excluding hydrogens is 378 g/mol. The van der Waals surface area contributed by atoms with Crippen LogP contribution in [-0.2, 0) is 24.0 Å². The van der Waals surface area contributed by atoms with Gasteiger partial charge in [0.1, 0.15) is 12.1 Å². The minimum atomic E-state index is -1.53. The lowest BCUT2D eigenvalue weighted by Crippen LogP contribution is -2.54. The second-order valence-corrected chi connectivity index (χ2v) is 5.91. The van der Waals surface area contributed by atoms with Gasteiger partial charge >= 0.3 is 11.9 Å². The number of aliphatic hydroxyl groups excluding tert-OH is 1. The van der Waals surface area contributed by atoms with Crippen molar-refractivity contribution in [2.75, 3.05) is 19.7 Å². The first-order chi connectivity index (χ1) is 13.1. The number of aliphatic hydroxyl groups is 1. The molecule has 3 unspecified atom stereocenters. The molecule has 0 radical (unpaired) electrons. The highest BCUT2D eigenvalue weighted by molar-refractivity contribution is 5.93. The largest absolute Gasteiger partial charge is 0.481 e. The van der Waals surface area contributed by atoms with Gasteiger partial charge in [0.15, 0.2) is 0 Å². The van der Waals surface area contributed by atoms with Crippen molar-refractivity contribution in [1.29, 1.82) is 0 Å². The number of carbonyl (C=O) groups is 5. The lowest BCUT2D eigenvalue weighted by molar-refractivity contribution is -0.143. The molecule has 0 bridgehead atoms. The van der Waals surface area contributed by atoms with Gasteiger partial charge in [0.2, 0.25) is 17.7 Å². The molecule has 0 aromatic heterocycles. The molecule has 0 spiro atoms. The summed E-state index contributed by atoms with van der Waals surface area (Å²) in [6.45, 7) is -1.04. The Bertz CT molecular complexity index is 571. The molecule has 0 fully saturated rings. The number of unbranched alkanes of at least 4 members (excludes halogenated alkanes) is 1. The lowest BCUT2D eigenvalue weighted by Gasteiger charge is -2.21. The molecule has 10 N–H and O–H groups in total. The highest BCUT2D eigenvalue weighted by atomic mass is 16.4. The van der Waals surface area contributed by atoms with E-state index in [0.29, 0.717) is 19.4 Å². The number of hydrogen-bond donors (Lipinski definition) is 8. The van der Waals surface area contributed by atoms with Crippen LogP contribution in [0.25, 0.3) is 0 Å². The van der Waals surface area contributed by atoms with E-state index >= 15 is 0 Å². The molecule has 13 heteroatoms. The Hall–Kier alpha value is -2.77. The third-order valence-electron chi connectivity index (χ3n) is 3.55. The third kappa shape index (κ3) is 10.4. The molecule has 0 saturated heterocycles. The van der Waals surface area contributed by atoms with Crippen LogP contribution >= 0.6 is 0 Å². The van der Waals surface area contributed by atoms with Gasteiger partial charge in [0.05, 0.1) is 25.6 Å². The quantitative estimate of drug-likeness (QED) is 0.131. The second kappa shape index (κ2) is 13.4. The molecule has 0 saturated carbocycles. The Balaban J connectivity index is 4.77. The van der Waals surface area contributed by atoms with E-state index in [1.165, 1.54) is 0 Å². The van der Waals surface area contributed by atoms with E-state index in [-0.39, 0.29) is 6.42 Å². The van der Waals surface area contributed by atoms with Crippen molar-refractivity contribution in [3.05, 3.63) is 0 Å². The van der Waals surface area contributed by atoms with E-state index in [9.17, 15) is 24.0 Å². The Kier molecular flexibility index (Phi) is 12.1. The van der Waals surface area contributed by atoms with Gasteiger partial charge in [0, 0.05) is 0 Å². The van der Waals surface area contributed by atoms with Crippen LogP contribution in [0.3, 0.4) is 0 Å². The number of hydrogen-bond acceptors (Lipinski definition) is 8. The summed E-state index contributed by atoms with van der Waals surface area (Å²) < 4.78 is 0. The van der Waals surface area contributed by atoms with Crippen LogP contribution in [0, 0.1) is 0 Å². The van der Waals surface area contributed by atoms with Crippen LogP contribution in [-0.4, -0.2) is 82.8 Å². The Morgan fingerprint density at radius 3 is 2.07 bits per heavy atom. The summed E-state index contributed by atoms with van der Waals surface area (Å²) in [5, 5.41) is 33.0. The summed E-state index contributed by atoms with van der Waals surface area (Å²) in [5.74, 6) is -5.16. The smallest absolute Gasteiger partial charge is 0.328 e. The van der Waals surface area contributed by atoms with Gasteiger partial charge in [-0.1, -0.05) is 0 Å². The fraction of sp³-hybridized carbons (Fsp3) is 0.667. The Morgan fingerprint density at radius 2 is 1.57 bits per heavy atom. The van der Waals surface area contributed by atoms with Crippen molar-refractivity contribution in [2.24, 2.45) is 11.5 Å². The average molecular weight is 405 g/mol. The number of aliphatic carboxylic acids is 2. The van der Waals surface area contributed by atoms with Crippen LogP contribution < -0.4 is 27.4 Å². The number of carboxylic acids is 2. The van der Waals surface area contributed by atoms with Crippen LogP contribution in [0.5, 0.6) is 0 Å². The normalized spacial score (nSPS) is 13.7. The summed E-state index contributed by atoms with van der Waals surface area (Å²) in [6, 6.07) is -3.98. The van der Waals surface area contributed by atoms with Gasteiger partial charge in [-0.15, -0.1) is 0 Å². The minimum Gasteiger partial charge on any atom is -0.481 e. The van der Waals surface area contributed by atoms with Gasteiger partial charge in [-0.2, -0.15) is 0 Å². The highest BCUT2D eigenvalue weighted by Crippen LogP contribution is 2.02. The van der Waals surface area contributed by atoms with Crippen molar-refractivity contribution in [3.63, 3.8) is 0 Å². The van der Waals surface area contributed by atoms with Crippen LogP contribution in [0.15, 0.2) is 0 Å². The topological polar surface area (TPSA) is 234 Å². The zero-order chi connectivity index (χ0) is 21.7. The van der Waals surface area contributed by atoms with E-state index in [0.717, 1.165) is 0 Å². The first-order valence-corrected chi connectivity index (χ1v) is 8.50. The average Bonchev–Trinajstić information content (AvgIpc) is 2.62. The molecule has 0 aliphatic heterocycles. The van der Waals surface area contributed by atoms with E-state index in [4.69, 9.17) is 26.8 Å². The lowest BCUT2D eigenvalue weighted by atomic mass is 10.1. The molecule has 0 aromatic rings. The maximum Gasteiger partial charge on any atom is 0.328 e. The Labute approximate surface area is 160 Å². The van der Waals surface area contributed by atoms with E-state index in [1.54, 1.807) is 0 Å². The number of amides is 3. The highest BCUT2D eigenvalue weighted by Gasteiger charge is 2.26. The monoisotopic (exact) mass is 405 g/mol. The fourth-order valence-corrected chi connectivity index (χ4v) is 2.04. The van der Waals surface area contributed by atoms with Gasteiger partial charge < -0.3 is 42.7 Å². The SMILES string of the molecule is NCCCCC(NC(=O)CNC(=O)C(N)CC(=O)O)C(=O)NC(CO)C(=O)O. The molecule has 28 heavy (non-hydrogen) atoms. The maximum atomic E-state index is 12.2. The number of nitrogens with one attached hydrogen (secondary N) is 3. The zero-order valence-corrected chi connectivity index (χ0v) is 15.2. The minimum absolute atomic E-state index is 0.152. The first-order valence-electron chi connectivity index (χ1n) is 8.50. The predicted molar refractivity (Wildman–Crippen MR) is 94.7 cm³/mol. The maximum absolute atomic E-state index is 12.2. The van der Waals surface area contributed by atoms with Crippen LogP contribution in [0.4, 0.5) is 0 Å². The molecule has 3 atom stereocenters. The van der Waals surface area contributed by atoms with E-state index < -0.39 is 67.4 Å². The second-order valence-electron chi connectivity index (χ2n) is 5.91. The molecule has 3 amide bonds. The zero-order valence-electron chi connectivity index (χ0n) is 15.2. The van der Waals surface area contributed by atoms with Gasteiger partial charge in [-0.05, 0) is 25.8 Å². The van der Waals surface area contributed by atoms with Crippen molar-refractivity contribution in [1.82, 2.24) is 16.0 Å². The molecule has 0 aliphatic rings. The van der Waals surface area contributed by atoms with Crippen molar-refractivity contribution >= 4 is 29.7 Å². The first kappa shape index (κ1) is 25.2. The van der Waals surface area contributed by atoms with Crippen molar-refractivity contribution < 1.29 is 39.3 Å². The molecule has 0 aromatic carbocycles. The van der Waals surface area contributed by atoms with E-state index in [2.05, 4.69) is 16.0 Å². The number of nitrogens with two attached hydrogens (primary N) is 2. The standard InChI is InChI=1S/C15H27N5O8/c16-4-2-1-3-9(14(26)20-10(7-21)15(27)28)19-11(22)6-18-13(25)8(17)5-12(23)24/h8-10,21H,1-7,16-17H2,(H,18,25)(H,19,22)(H,20,26)(H,23,24)(H,27,28). The molecule has 0 rings (SSSR count). The van der Waals surface area contributed by atoms with E-state index in [1.807, 2.05) is 0 Å². The van der Waals surface area contributed by atoms with Crippen molar-refractivity contribution in [2.45, 2.75) is 43.8 Å². The molecule has 0 aliphatic carbocycles. The van der Waals surface area contributed by atoms with Crippen molar-refractivity contribution in [3.8, 4) is 0 Å². The molecular formula is C15H27N5O8. The van der Waals surface area contributed by atoms with Crippen LogP contribution in [0.1, 0.15) is 25.7 Å². The third-order valence-corrected chi connectivity index (χ3v) is 3.55. The molecule has 0 heterocycles. The number of carbonyl (C=O) groups excluding carboxylic acids is 3. The summed E-state index contributed by atoms with van der Waals surface area (Å²) in [4.78, 5) is 57.2. The van der Waals surface area contributed by atoms with Gasteiger partial charge in [-0.25, -0.2) is 4.79 Å². The molecule has 160 valence electrons. The van der Waals surface area contributed by atoms with Gasteiger partial charge in [-0.3, -0.25) is 19.2 Å². The Morgan fingerprint density at radius 1 is 0.929 bits per heavy atom. The summed E-state index contributed by atoms with van der Waals surface area (Å²) in [6.07, 6.45) is 0.554. The number of carboxylic acid groups (broad SMARTS) is 2. The van der Waals surface area contributed by atoms with Gasteiger partial charge in [0.25, 0.3) is 0 Å². The van der Waals surface area contributed by atoms with Crippen LogP contribution in [0.2, 0.25) is 0 Å². The predicted octanol–water partition coefficient (Wildman–Crippen LogP) is -3.92. The summed E-state index contributed by atoms with van der Waals surface area (Å²) >= 11 is 0. The molecule has 13 nitrogen and oxygen atoms in total. The summed E-state index contributed by atoms with van der Waals surface area (Å²) in [7, 11) is 0. The summed E-state index contributed by atoms with van der Waals surface area (Å²) in [5.41, 5.74) is 10.7. The number of rotatable bonds is 14.